The van der Waals surface area contributed by atoms with Gasteiger partial charge in [-0.05, 0) is 46.2 Å². The van der Waals surface area contributed by atoms with Crippen molar-refractivity contribution in [2.24, 2.45) is 5.73 Å². The third-order valence-corrected chi connectivity index (χ3v) is 5.89. The number of ether oxygens (including phenoxy) is 5. The number of carbonyl (C=O) groups is 3. The van der Waals surface area contributed by atoms with Gasteiger partial charge < -0.3 is 34.7 Å². The van der Waals surface area contributed by atoms with Crippen molar-refractivity contribution in [2.45, 2.75) is 64.0 Å². The number of benzene rings is 2. The van der Waals surface area contributed by atoms with E-state index in [9.17, 15) is 22.8 Å². The van der Waals surface area contributed by atoms with Crippen molar-refractivity contribution >= 4 is 28.1 Å². The molecule has 0 aliphatic rings. The van der Waals surface area contributed by atoms with Gasteiger partial charge in [0.25, 0.3) is 10.1 Å². The Morgan fingerprint density at radius 2 is 1.43 bits per heavy atom. The SMILES string of the molecule is CC(C)(C)OC(N)=O.COC(=O)CCCC(=O)NCc1c(OC)cc(OC)cc1OC.Cc1ccc(S(=O)(=O)O)cc1. The van der Waals surface area contributed by atoms with E-state index in [1.54, 1.807) is 52.1 Å². The van der Waals surface area contributed by atoms with Crippen molar-refractivity contribution in [1.82, 2.24) is 5.32 Å². The van der Waals surface area contributed by atoms with E-state index < -0.39 is 21.8 Å². The van der Waals surface area contributed by atoms with Crippen LogP contribution in [0.15, 0.2) is 41.3 Å². The number of rotatable bonds is 10. The number of primary amides is 1. The molecule has 0 unspecified atom stereocenters. The first kappa shape index (κ1) is 38.0. The number of carbonyl (C=O) groups excluding carboxylic acids is 3. The Kier molecular flexibility index (Phi) is 16.6. The summed E-state index contributed by atoms with van der Waals surface area (Å²) >= 11 is 0. The fraction of sp³-hybridized carbons (Fsp3) is 0.464. The zero-order valence-electron chi connectivity index (χ0n) is 25.3. The fourth-order valence-corrected chi connectivity index (χ4v) is 3.51. The maximum atomic E-state index is 11.8. The third-order valence-electron chi connectivity index (χ3n) is 5.02. The molecule has 2 aromatic rings. The first-order chi connectivity index (χ1) is 19.5. The maximum Gasteiger partial charge on any atom is 0.405 e. The van der Waals surface area contributed by atoms with Crippen LogP contribution in [-0.2, 0) is 35.7 Å². The molecule has 0 fully saturated rings. The van der Waals surface area contributed by atoms with Gasteiger partial charge in [0.1, 0.15) is 22.8 Å². The average Bonchev–Trinajstić information content (AvgIpc) is 2.90. The Hall–Kier alpha value is -4.04. The van der Waals surface area contributed by atoms with E-state index in [4.69, 9.17) is 24.5 Å². The van der Waals surface area contributed by atoms with Crippen LogP contribution < -0.4 is 25.3 Å². The van der Waals surface area contributed by atoms with Crippen LogP contribution in [0.4, 0.5) is 4.79 Å². The van der Waals surface area contributed by atoms with Crippen molar-refractivity contribution in [3.63, 3.8) is 0 Å². The molecule has 2 aromatic carbocycles. The van der Waals surface area contributed by atoms with Gasteiger partial charge in [0.2, 0.25) is 5.91 Å². The number of esters is 1. The van der Waals surface area contributed by atoms with Gasteiger partial charge in [-0.15, -0.1) is 0 Å². The highest BCUT2D eigenvalue weighted by molar-refractivity contribution is 7.85. The third kappa shape index (κ3) is 16.3. The van der Waals surface area contributed by atoms with Crippen LogP contribution in [0.2, 0.25) is 0 Å². The molecule has 0 atom stereocenters. The molecule has 236 valence electrons. The normalized spacial score (nSPS) is 10.5. The minimum Gasteiger partial charge on any atom is -0.496 e. The molecule has 0 bridgehead atoms. The lowest BCUT2D eigenvalue weighted by atomic mass is 10.1. The smallest absolute Gasteiger partial charge is 0.405 e. The van der Waals surface area contributed by atoms with Crippen LogP contribution in [0.5, 0.6) is 17.2 Å². The number of nitrogens with two attached hydrogens (primary N) is 1. The Balaban J connectivity index is 0.000000726. The second-order valence-corrected chi connectivity index (χ2v) is 11.0. The van der Waals surface area contributed by atoms with Crippen molar-refractivity contribution in [1.29, 1.82) is 0 Å². The molecule has 0 spiro atoms. The van der Waals surface area contributed by atoms with Gasteiger partial charge in [-0.3, -0.25) is 14.1 Å². The number of aryl methyl sites for hydroxylation is 1. The summed E-state index contributed by atoms with van der Waals surface area (Å²) in [5.41, 5.74) is 5.94. The Morgan fingerprint density at radius 3 is 1.79 bits per heavy atom. The fourth-order valence-electron chi connectivity index (χ4n) is 3.03. The van der Waals surface area contributed by atoms with Gasteiger partial charge in [-0.25, -0.2) is 4.79 Å². The standard InChI is InChI=1S/C16H23NO6.C7H8O3S.C5H11NO2/c1-20-11-8-13(21-2)12(14(9-11)22-3)10-17-15(18)6-5-7-16(19)23-4;1-6-2-4-7(5-3-6)11(8,9)10;1-5(2,3)8-4(6)7/h8-9H,5-7,10H2,1-4H3,(H,17,18);2-5H,1H3,(H,8,9,10);1-3H3,(H2,6,7). The predicted molar refractivity (Wildman–Crippen MR) is 155 cm³/mol. The van der Waals surface area contributed by atoms with Crippen LogP contribution >= 0.6 is 0 Å². The van der Waals surface area contributed by atoms with Crippen LogP contribution in [-0.4, -0.2) is 65.0 Å². The Morgan fingerprint density at radius 1 is 0.905 bits per heavy atom. The van der Waals surface area contributed by atoms with E-state index in [2.05, 4.69) is 14.8 Å². The minimum absolute atomic E-state index is 0.0666. The summed E-state index contributed by atoms with van der Waals surface area (Å²) < 4.78 is 54.5. The quantitative estimate of drug-likeness (QED) is 0.261. The highest BCUT2D eigenvalue weighted by Crippen LogP contribution is 2.33. The van der Waals surface area contributed by atoms with Crippen molar-refractivity contribution in [2.75, 3.05) is 28.4 Å². The lowest BCUT2D eigenvalue weighted by molar-refractivity contribution is -0.140. The van der Waals surface area contributed by atoms with Gasteiger partial charge in [0, 0.05) is 25.0 Å². The molecule has 2 rings (SSSR count). The number of nitrogens with one attached hydrogen (secondary N) is 1. The molecule has 0 aliphatic carbocycles. The molecule has 0 heterocycles. The molecule has 14 heteroatoms. The monoisotopic (exact) mass is 614 g/mol. The second kappa shape index (κ2) is 18.4. The van der Waals surface area contributed by atoms with Gasteiger partial charge in [-0.1, -0.05) is 17.7 Å². The van der Waals surface area contributed by atoms with E-state index in [0.717, 1.165) is 11.1 Å². The van der Waals surface area contributed by atoms with Gasteiger partial charge >= 0.3 is 12.1 Å². The van der Waals surface area contributed by atoms with E-state index in [1.165, 1.54) is 33.5 Å². The first-order valence-electron chi connectivity index (χ1n) is 12.6. The predicted octanol–water partition coefficient (Wildman–Crippen LogP) is 3.79. The lowest BCUT2D eigenvalue weighted by Crippen LogP contribution is -2.27. The molecule has 42 heavy (non-hydrogen) atoms. The minimum atomic E-state index is -4.02. The van der Waals surface area contributed by atoms with Crippen LogP contribution in [0.1, 0.15) is 51.2 Å². The van der Waals surface area contributed by atoms with Gasteiger partial charge in [0.05, 0.1) is 45.4 Å². The van der Waals surface area contributed by atoms with Gasteiger partial charge in [-0.2, -0.15) is 8.42 Å². The summed E-state index contributed by atoms with van der Waals surface area (Å²) in [4.78, 5) is 32.8. The van der Waals surface area contributed by atoms with E-state index in [-0.39, 0.29) is 36.2 Å². The zero-order chi connectivity index (χ0) is 32.5. The number of methoxy groups -OCH3 is 4. The van der Waals surface area contributed by atoms with E-state index >= 15 is 0 Å². The Bertz CT molecular complexity index is 1230. The second-order valence-electron chi connectivity index (χ2n) is 9.54. The molecule has 0 radical (unpaired) electrons. The molecule has 2 amide bonds. The summed E-state index contributed by atoms with van der Waals surface area (Å²) in [7, 11) is 1.93. The summed E-state index contributed by atoms with van der Waals surface area (Å²) in [6.07, 6.45) is 0.183. The molecule has 0 saturated carbocycles. The topological polar surface area (TPSA) is 190 Å². The number of hydrogen-bond acceptors (Lipinski definition) is 10. The molecule has 0 aliphatic heterocycles. The molecule has 4 N–H and O–H groups in total. The van der Waals surface area contributed by atoms with E-state index in [1.807, 2.05) is 6.92 Å². The van der Waals surface area contributed by atoms with Gasteiger partial charge in [0.15, 0.2) is 0 Å². The summed E-state index contributed by atoms with van der Waals surface area (Å²) in [6.45, 7) is 7.38. The van der Waals surface area contributed by atoms with Crippen LogP contribution in [0.3, 0.4) is 0 Å². The first-order valence-corrected chi connectivity index (χ1v) is 14.1. The van der Waals surface area contributed by atoms with Crippen molar-refractivity contribution in [3.8, 4) is 17.2 Å². The average molecular weight is 615 g/mol. The van der Waals surface area contributed by atoms with Crippen molar-refractivity contribution < 1.29 is 51.0 Å². The summed E-state index contributed by atoms with van der Waals surface area (Å²) in [6, 6.07) is 9.43. The van der Waals surface area contributed by atoms with E-state index in [0.29, 0.717) is 23.7 Å². The molecule has 0 aromatic heterocycles. The molecular weight excluding hydrogens is 572 g/mol. The van der Waals surface area contributed by atoms with Crippen LogP contribution in [0.25, 0.3) is 0 Å². The zero-order valence-corrected chi connectivity index (χ0v) is 26.1. The highest BCUT2D eigenvalue weighted by Gasteiger charge is 2.15. The maximum absolute atomic E-state index is 11.8. The highest BCUT2D eigenvalue weighted by atomic mass is 32.2. The number of hydrogen-bond donors (Lipinski definition) is 3. The summed E-state index contributed by atoms with van der Waals surface area (Å²) in [5.74, 6) is 1.25. The molecule has 13 nitrogen and oxygen atoms in total. The largest absolute Gasteiger partial charge is 0.496 e. The lowest BCUT2D eigenvalue weighted by Gasteiger charge is -2.16. The van der Waals surface area contributed by atoms with Crippen molar-refractivity contribution in [3.05, 3.63) is 47.5 Å². The molecular formula is C28H42N2O11S. The Labute approximate surface area is 247 Å². The number of amides is 2. The molecule has 0 saturated heterocycles. The summed E-state index contributed by atoms with van der Waals surface area (Å²) in [5, 5.41) is 2.79. The van der Waals surface area contributed by atoms with Crippen LogP contribution in [0, 0.1) is 6.92 Å².